The van der Waals surface area contributed by atoms with Gasteiger partial charge >= 0.3 is 0 Å². The van der Waals surface area contributed by atoms with Gasteiger partial charge in [0.2, 0.25) is 0 Å². The van der Waals surface area contributed by atoms with Crippen LogP contribution in [0.25, 0.3) is 10.9 Å². The number of carbonyl (C=O) groups excluding carboxylic acids is 1. The van der Waals surface area contributed by atoms with Gasteiger partial charge in [-0.05, 0) is 29.9 Å². The van der Waals surface area contributed by atoms with Crippen molar-refractivity contribution in [1.82, 2.24) is 9.88 Å². The second-order valence-electron chi connectivity index (χ2n) is 5.65. The number of piperidine rings is 1. The summed E-state index contributed by atoms with van der Waals surface area (Å²) in [6.07, 6.45) is 0. The van der Waals surface area contributed by atoms with Crippen LogP contribution in [0.5, 0.6) is 0 Å². The summed E-state index contributed by atoms with van der Waals surface area (Å²) in [5, 5.41) is 10.2. The largest absolute Gasteiger partial charge is 0.396 e. The zero-order chi connectivity index (χ0) is 13.0. The second kappa shape index (κ2) is 3.84. The quantitative estimate of drug-likeness (QED) is 0.855. The number of likely N-dealkylation sites (tertiary alicyclic amines) is 1. The van der Waals surface area contributed by atoms with Crippen LogP contribution >= 0.6 is 0 Å². The van der Waals surface area contributed by atoms with Crippen LogP contribution < -0.4 is 0 Å². The van der Waals surface area contributed by atoms with Crippen molar-refractivity contribution >= 4 is 16.8 Å². The molecule has 4 nitrogen and oxygen atoms in total. The van der Waals surface area contributed by atoms with Crippen molar-refractivity contribution in [1.29, 1.82) is 0 Å². The molecule has 1 aliphatic heterocycles. The number of rotatable bonds is 2. The summed E-state index contributed by atoms with van der Waals surface area (Å²) in [4.78, 5) is 17.5. The molecular formula is C15H16N2O2. The van der Waals surface area contributed by atoms with Gasteiger partial charge < -0.3 is 15.0 Å². The highest BCUT2D eigenvalue weighted by molar-refractivity contribution is 5.98. The van der Waals surface area contributed by atoms with Gasteiger partial charge in [-0.15, -0.1) is 0 Å². The van der Waals surface area contributed by atoms with Gasteiger partial charge in [0.05, 0.1) is 0 Å². The summed E-state index contributed by atoms with van der Waals surface area (Å²) in [7, 11) is 0. The minimum Gasteiger partial charge on any atom is -0.396 e. The minimum atomic E-state index is 0.0834. The first-order valence-electron chi connectivity index (χ1n) is 6.76. The summed E-state index contributed by atoms with van der Waals surface area (Å²) < 4.78 is 0. The molecule has 1 saturated heterocycles. The van der Waals surface area contributed by atoms with E-state index < -0.39 is 0 Å². The number of nitrogens with one attached hydrogen (secondary N) is 1. The number of aliphatic hydroxyl groups excluding tert-OH is 1. The Labute approximate surface area is 111 Å². The topological polar surface area (TPSA) is 56.3 Å². The van der Waals surface area contributed by atoms with Gasteiger partial charge in [-0.25, -0.2) is 0 Å². The Balaban J connectivity index is 1.55. The number of hydrogen-bond acceptors (Lipinski definition) is 2. The second-order valence-corrected chi connectivity index (χ2v) is 5.65. The van der Waals surface area contributed by atoms with Crippen LogP contribution in [0.1, 0.15) is 10.5 Å². The Morgan fingerprint density at radius 3 is 2.74 bits per heavy atom. The lowest BCUT2D eigenvalue weighted by Crippen LogP contribution is -2.32. The molecule has 0 radical (unpaired) electrons. The number of nitrogens with zero attached hydrogens (tertiary/aromatic N) is 1. The van der Waals surface area contributed by atoms with Crippen molar-refractivity contribution in [3.05, 3.63) is 36.0 Å². The van der Waals surface area contributed by atoms with E-state index in [1.807, 2.05) is 35.2 Å². The van der Waals surface area contributed by atoms with E-state index in [0.717, 1.165) is 24.0 Å². The molecule has 1 aromatic carbocycles. The van der Waals surface area contributed by atoms with E-state index in [-0.39, 0.29) is 12.5 Å². The van der Waals surface area contributed by atoms with Crippen LogP contribution in [0, 0.1) is 17.8 Å². The van der Waals surface area contributed by atoms with Crippen molar-refractivity contribution < 1.29 is 9.90 Å². The summed E-state index contributed by atoms with van der Waals surface area (Å²) in [5.41, 5.74) is 1.67. The number of H-pyrrole nitrogens is 1. The third-order valence-electron chi connectivity index (χ3n) is 4.63. The van der Waals surface area contributed by atoms with Crippen LogP contribution in [0.4, 0.5) is 0 Å². The molecule has 2 N–H and O–H groups in total. The van der Waals surface area contributed by atoms with Gasteiger partial charge in [0.25, 0.3) is 5.91 Å². The Morgan fingerprint density at radius 1 is 1.32 bits per heavy atom. The maximum Gasteiger partial charge on any atom is 0.270 e. The van der Waals surface area contributed by atoms with E-state index in [0.29, 0.717) is 23.4 Å². The lowest BCUT2D eigenvalue weighted by molar-refractivity contribution is 0.0755. The Hall–Kier alpha value is -1.81. The lowest BCUT2D eigenvalue weighted by Gasteiger charge is -2.18. The van der Waals surface area contributed by atoms with Gasteiger partial charge in [-0.2, -0.15) is 0 Å². The highest BCUT2D eigenvalue weighted by atomic mass is 16.3. The van der Waals surface area contributed by atoms with E-state index in [9.17, 15) is 4.79 Å². The van der Waals surface area contributed by atoms with Gasteiger partial charge in [0.1, 0.15) is 5.69 Å². The number of para-hydroxylation sites is 1. The number of benzene rings is 1. The van der Waals surface area contributed by atoms with Gasteiger partial charge in [-0.1, -0.05) is 18.2 Å². The first kappa shape index (κ1) is 11.1. The fraction of sp³-hybridized carbons (Fsp3) is 0.400. The average molecular weight is 256 g/mol. The number of aromatic amines is 1. The summed E-state index contributed by atoms with van der Waals surface area (Å²) in [6, 6.07) is 9.84. The zero-order valence-electron chi connectivity index (χ0n) is 10.5. The van der Waals surface area contributed by atoms with Crippen LogP contribution in [0.15, 0.2) is 30.3 Å². The summed E-state index contributed by atoms with van der Waals surface area (Å²) >= 11 is 0. The fourth-order valence-corrected chi connectivity index (χ4v) is 3.44. The molecule has 3 atom stereocenters. The predicted molar refractivity (Wildman–Crippen MR) is 71.8 cm³/mol. The summed E-state index contributed by atoms with van der Waals surface area (Å²) in [5.74, 6) is 1.57. The molecule has 1 amide bonds. The van der Waals surface area contributed by atoms with Gasteiger partial charge in [0, 0.05) is 30.6 Å². The van der Waals surface area contributed by atoms with Crippen molar-refractivity contribution in [3.8, 4) is 0 Å². The van der Waals surface area contributed by atoms with Crippen molar-refractivity contribution in [2.45, 2.75) is 0 Å². The number of fused-ring (bicyclic) bond motifs is 2. The molecule has 4 rings (SSSR count). The fourth-order valence-electron chi connectivity index (χ4n) is 3.44. The van der Waals surface area contributed by atoms with Crippen LogP contribution in [-0.2, 0) is 0 Å². The maximum absolute atomic E-state index is 12.4. The normalized spacial score (nSPS) is 28.7. The third kappa shape index (κ3) is 1.60. The molecule has 1 aromatic heterocycles. The molecular weight excluding hydrogens is 240 g/mol. The monoisotopic (exact) mass is 256 g/mol. The molecule has 0 bridgehead atoms. The minimum absolute atomic E-state index is 0.0834. The molecule has 1 unspecified atom stereocenters. The first-order valence-corrected chi connectivity index (χ1v) is 6.76. The Bertz CT molecular complexity index is 603. The van der Waals surface area contributed by atoms with Crippen LogP contribution in [-0.4, -0.2) is 40.6 Å². The number of carbonyl (C=O) groups is 1. The molecule has 2 aliphatic rings. The molecule has 2 aromatic rings. The number of amides is 1. The predicted octanol–water partition coefficient (Wildman–Crippen LogP) is 1.48. The number of aliphatic hydroxyl groups is 1. The smallest absolute Gasteiger partial charge is 0.270 e. The maximum atomic E-state index is 12.4. The first-order chi connectivity index (χ1) is 9.28. The highest BCUT2D eigenvalue weighted by Gasteiger charge is 2.56. The van der Waals surface area contributed by atoms with E-state index in [2.05, 4.69) is 4.98 Å². The third-order valence-corrected chi connectivity index (χ3v) is 4.63. The van der Waals surface area contributed by atoms with Gasteiger partial charge in [0.15, 0.2) is 0 Å². The van der Waals surface area contributed by atoms with Gasteiger partial charge in [-0.3, -0.25) is 4.79 Å². The van der Waals surface area contributed by atoms with E-state index in [1.54, 1.807) is 0 Å². The highest BCUT2D eigenvalue weighted by Crippen LogP contribution is 2.51. The van der Waals surface area contributed by atoms with Crippen molar-refractivity contribution in [2.75, 3.05) is 19.7 Å². The molecule has 19 heavy (non-hydrogen) atoms. The molecule has 0 spiro atoms. The number of aromatic nitrogens is 1. The summed E-state index contributed by atoms with van der Waals surface area (Å²) in [6.45, 7) is 1.86. The van der Waals surface area contributed by atoms with Crippen LogP contribution in [0.2, 0.25) is 0 Å². The van der Waals surface area contributed by atoms with E-state index >= 15 is 0 Å². The van der Waals surface area contributed by atoms with Crippen LogP contribution in [0.3, 0.4) is 0 Å². The molecule has 2 fully saturated rings. The van der Waals surface area contributed by atoms with E-state index in [1.165, 1.54) is 0 Å². The molecule has 2 heterocycles. The molecule has 1 aliphatic carbocycles. The SMILES string of the molecule is O=C(c1cc2ccccc2[nH]1)N1C[C@@H]2C(CO)[C@@H]2C1. The number of hydrogen-bond donors (Lipinski definition) is 2. The lowest BCUT2D eigenvalue weighted by atomic mass is 10.2. The molecule has 98 valence electrons. The Kier molecular flexibility index (Phi) is 2.23. The standard InChI is InChI=1S/C15H16N2O2/c18-8-12-10-6-17(7-11(10)12)15(19)14-5-9-3-1-2-4-13(9)16-14/h1-5,10-12,16,18H,6-8H2/t10-,11+,12?. The zero-order valence-corrected chi connectivity index (χ0v) is 10.5. The Morgan fingerprint density at radius 2 is 2.05 bits per heavy atom. The molecule has 1 saturated carbocycles. The average Bonchev–Trinajstić information content (AvgIpc) is 2.84. The van der Waals surface area contributed by atoms with Crippen molar-refractivity contribution in [2.24, 2.45) is 17.8 Å². The van der Waals surface area contributed by atoms with Crippen molar-refractivity contribution in [3.63, 3.8) is 0 Å². The van der Waals surface area contributed by atoms with E-state index in [4.69, 9.17) is 5.11 Å². The molecule has 4 heteroatoms.